The van der Waals surface area contributed by atoms with Gasteiger partial charge in [-0.25, -0.2) is 4.98 Å². The van der Waals surface area contributed by atoms with Gasteiger partial charge in [-0.2, -0.15) is 0 Å². The quantitative estimate of drug-likeness (QED) is 0.429. The number of carbonyl (C=O) groups is 1. The van der Waals surface area contributed by atoms with Crippen molar-refractivity contribution in [3.05, 3.63) is 54.4 Å². The van der Waals surface area contributed by atoms with E-state index in [-0.39, 0.29) is 5.91 Å². The van der Waals surface area contributed by atoms with Gasteiger partial charge in [0.05, 0.1) is 11.2 Å². The van der Waals surface area contributed by atoms with Gasteiger partial charge in [-0.1, -0.05) is 18.6 Å². The fraction of sp³-hybridized carbons (Fsp3) is 0.464. The van der Waals surface area contributed by atoms with E-state index in [0.29, 0.717) is 18.2 Å². The number of fused-ring (bicyclic) bond motifs is 1. The summed E-state index contributed by atoms with van der Waals surface area (Å²) < 4.78 is 0. The highest BCUT2D eigenvalue weighted by atomic mass is 16.1. The molecule has 2 saturated heterocycles. The molecule has 0 radical (unpaired) electrons. The number of hydrogen-bond acceptors (Lipinski definition) is 6. The monoisotopic (exact) mass is 472 g/mol. The Morgan fingerprint density at radius 3 is 2.66 bits per heavy atom. The summed E-state index contributed by atoms with van der Waals surface area (Å²) in [5.74, 6) is -0.0130. The first-order valence-electron chi connectivity index (χ1n) is 13.1. The van der Waals surface area contributed by atoms with Crippen molar-refractivity contribution in [1.82, 2.24) is 25.5 Å². The van der Waals surface area contributed by atoms with Gasteiger partial charge in [0.25, 0.3) is 5.91 Å². The fourth-order valence-corrected chi connectivity index (χ4v) is 5.10. The van der Waals surface area contributed by atoms with Crippen LogP contribution in [-0.2, 0) is 0 Å². The van der Waals surface area contributed by atoms with Crippen molar-refractivity contribution in [1.29, 1.82) is 0 Å². The number of benzene rings is 1. The summed E-state index contributed by atoms with van der Waals surface area (Å²) in [6, 6.07) is 12.3. The zero-order chi connectivity index (χ0) is 23.9. The summed E-state index contributed by atoms with van der Waals surface area (Å²) in [5.41, 5.74) is 4.57. The van der Waals surface area contributed by atoms with Crippen molar-refractivity contribution in [2.24, 2.45) is 0 Å². The summed E-state index contributed by atoms with van der Waals surface area (Å²) >= 11 is 0. The number of nitrogens with zero attached hydrogens (tertiary/aromatic N) is 3. The molecule has 7 heteroatoms. The van der Waals surface area contributed by atoms with Gasteiger partial charge < -0.3 is 20.9 Å². The Kier molecular flexibility index (Phi) is 7.85. The molecule has 1 amide bonds. The van der Waals surface area contributed by atoms with E-state index in [0.717, 1.165) is 66.7 Å². The number of nitrogens with one attached hydrogen (secondary N) is 3. The van der Waals surface area contributed by atoms with Crippen molar-refractivity contribution in [3.8, 4) is 11.3 Å². The van der Waals surface area contributed by atoms with E-state index in [4.69, 9.17) is 4.98 Å². The van der Waals surface area contributed by atoms with E-state index >= 15 is 0 Å². The van der Waals surface area contributed by atoms with Gasteiger partial charge in [0.15, 0.2) is 0 Å². The summed E-state index contributed by atoms with van der Waals surface area (Å²) in [6.07, 6.45) is 10.8. The lowest BCUT2D eigenvalue weighted by atomic mass is 10.0. The second-order valence-corrected chi connectivity index (χ2v) is 9.71. The maximum atomic E-state index is 12.6. The molecule has 2 aliphatic rings. The van der Waals surface area contributed by atoms with Crippen molar-refractivity contribution < 1.29 is 4.79 Å². The zero-order valence-corrected chi connectivity index (χ0v) is 20.4. The summed E-state index contributed by atoms with van der Waals surface area (Å²) in [7, 11) is 0. The predicted molar refractivity (Wildman–Crippen MR) is 142 cm³/mol. The Labute approximate surface area is 207 Å². The predicted octanol–water partition coefficient (Wildman–Crippen LogP) is 4.07. The minimum atomic E-state index is -0.0130. The Balaban J connectivity index is 1.24. The van der Waals surface area contributed by atoms with Crippen LogP contribution >= 0.6 is 0 Å². The van der Waals surface area contributed by atoms with E-state index in [1.807, 2.05) is 36.5 Å². The molecule has 0 atom stereocenters. The Morgan fingerprint density at radius 2 is 1.86 bits per heavy atom. The normalized spacial score (nSPS) is 17.4. The van der Waals surface area contributed by atoms with Gasteiger partial charge in [-0.15, -0.1) is 0 Å². The van der Waals surface area contributed by atoms with Gasteiger partial charge in [-0.05, 0) is 89.1 Å². The first-order chi connectivity index (χ1) is 17.3. The maximum Gasteiger partial charge on any atom is 0.251 e. The number of anilines is 1. The smallest absolute Gasteiger partial charge is 0.251 e. The van der Waals surface area contributed by atoms with Crippen LogP contribution in [0.25, 0.3) is 22.2 Å². The number of pyridine rings is 2. The number of carbonyl (C=O) groups excluding carboxylic acids is 1. The first-order valence-corrected chi connectivity index (χ1v) is 13.1. The topological polar surface area (TPSA) is 82.2 Å². The molecule has 184 valence electrons. The highest BCUT2D eigenvalue weighted by Gasteiger charge is 2.16. The molecule has 0 unspecified atom stereocenters. The molecule has 3 aromatic rings. The van der Waals surface area contributed by atoms with Crippen molar-refractivity contribution in [2.45, 2.75) is 44.6 Å². The van der Waals surface area contributed by atoms with Gasteiger partial charge in [0.2, 0.25) is 0 Å². The lowest BCUT2D eigenvalue weighted by Gasteiger charge is -2.26. The van der Waals surface area contributed by atoms with E-state index in [9.17, 15) is 4.79 Å². The molecule has 7 nitrogen and oxygen atoms in total. The highest BCUT2D eigenvalue weighted by molar-refractivity contribution is 5.95. The second kappa shape index (κ2) is 11.6. The third-order valence-electron chi connectivity index (χ3n) is 7.14. The number of rotatable bonds is 8. The molecule has 0 bridgehead atoms. The first kappa shape index (κ1) is 23.7. The van der Waals surface area contributed by atoms with Gasteiger partial charge in [0.1, 0.15) is 0 Å². The molecule has 2 aliphatic heterocycles. The van der Waals surface area contributed by atoms with Crippen LogP contribution < -0.4 is 16.0 Å². The van der Waals surface area contributed by atoms with Crippen LogP contribution in [0.2, 0.25) is 0 Å². The van der Waals surface area contributed by atoms with Crippen LogP contribution in [-0.4, -0.2) is 66.1 Å². The molecule has 0 aliphatic carbocycles. The largest absolute Gasteiger partial charge is 0.382 e. The molecule has 1 aromatic carbocycles. The van der Waals surface area contributed by atoms with Crippen LogP contribution in [0.15, 0.2) is 48.8 Å². The number of piperidine rings is 2. The average molecular weight is 473 g/mol. The minimum absolute atomic E-state index is 0.0130. The summed E-state index contributed by atoms with van der Waals surface area (Å²) in [4.78, 5) is 24.3. The van der Waals surface area contributed by atoms with E-state index in [1.165, 1.54) is 32.4 Å². The molecule has 0 saturated carbocycles. The van der Waals surface area contributed by atoms with Crippen LogP contribution in [0, 0.1) is 0 Å². The van der Waals surface area contributed by atoms with E-state index < -0.39 is 0 Å². The van der Waals surface area contributed by atoms with Crippen LogP contribution in [0.1, 0.15) is 48.9 Å². The number of amides is 1. The Morgan fingerprint density at radius 1 is 1.06 bits per heavy atom. The lowest BCUT2D eigenvalue weighted by Crippen LogP contribution is -2.35. The molecular formula is C28H36N6O. The van der Waals surface area contributed by atoms with Gasteiger partial charge in [-0.3, -0.25) is 9.78 Å². The SMILES string of the molecule is O=C(NCCCN1CCCCC1)c1ccc(-c2cc(NC3CCNCC3)c3cnccc3n2)cc1. The molecule has 3 N–H and O–H groups in total. The van der Waals surface area contributed by atoms with E-state index in [1.54, 1.807) is 6.20 Å². The third kappa shape index (κ3) is 6.16. The third-order valence-corrected chi connectivity index (χ3v) is 7.14. The fourth-order valence-electron chi connectivity index (χ4n) is 5.10. The highest BCUT2D eigenvalue weighted by Crippen LogP contribution is 2.29. The van der Waals surface area contributed by atoms with Crippen molar-refractivity contribution in [3.63, 3.8) is 0 Å². The minimum Gasteiger partial charge on any atom is -0.382 e. The molecular weight excluding hydrogens is 436 g/mol. The van der Waals surface area contributed by atoms with E-state index in [2.05, 4.69) is 31.9 Å². The molecule has 0 spiro atoms. The number of aromatic nitrogens is 2. The Hall–Kier alpha value is -3.03. The lowest BCUT2D eigenvalue weighted by molar-refractivity contribution is 0.0951. The second-order valence-electron chi connectivity index (χ2n) is 9.71. The number of likely N-dealkylation sites (tertiary alicyclic amines) is 1. The van der Waals surface area contributed by atoms with Gasteiger partial charge in [0, 0.05) is 47.2 Å². The maximum absolute atomic E-state index is 12.6. The molecule has 5 rings (SSSR count). The molecule has 4 heterocycles. The molecule has 2 fully saturated rings. The van der Waals surface area contributed by atoms with Crippen molar-refractivity contribution >= 4 is 22.5 Å². The zero-order valence-electron chi connectivity index (χ0n) is 20.4. The van der Waals surface area contributed by atoms with Crippen LogP contribution in [0.5, 0.6) is 0 Å². The molecule has 35 heavy (non-hydrogen) atoms. The summed E-state index contributed by atoms with van der Waals surface area (Å²) in [6.45, 7) is 6.24. The standard InChI is InChI=1S/C28H36N6O/c35-28(31-12-4-18-34-16-2-1-3-17-34)22-7-5-21(6-8-22)26-19-27(32-23-9-13-29-14-10-23)24-20-30-15-11-25(24)33-26/h5-8,11,15,19-20,23,29H,1-4,9-10,12-14,16-18H2,(H,31,35)(H,32,33). The van der Waals surface area contributed by atoms with Crippen LogP contribution in [0.3, 0.4) is 0 Å². The van der Waals surface area contributed by atoms with Gasteiger partial charge >= 0.3 is 0 Å². The average Bonchev–Trinajstić information content (AvgIpc) is 2.92. The summed E-state index contributed by atoms with van der Waals surface area (Å²) in [5, 5.41) is 11.3. The van der Waals surface area contributed by atoms with Crippen LogP contribution in [0.4, 0.5) is 5.69 Å². The molecule has 2 aromatic heterocycles. The van der Waals surface area contributed by atoms with Crippen molar-refractivity contribution in [2.75, 3.05) is 44.6 Å². The number of hydrogen-bond donors (Lipinski definition) is 3. The Bertz CT molecular complexity index is 1120.